The number of benzene rings is 2. The highest BCUT2D eigenvalue weighted by Gasteiger charge is 2.20. The molecule has 136 valence electrons. The van der Waals surface area contributed by atoms with Crippen LogP contribution in [0, 0.1) is 13.8 Å². The van der Waals surface area contributed by atoms with Gasteiger partial charge in [0.2, 0.25) is 10.0 Å². The lowest BCUT2D eigenvalue weighted by atomic mass is 10.1. The summed E-state index contributed by atoms with van der Waals surface area (Å²) in [6, 6.07) is 6.21. The second kappa shape index (κ2) is 6.66. The van der Waals surface area contributed by atoms with Gasteiger partial charge in [0.25, 0.3) is 0 Å². The Bertz CT molecular complexity index is 1150. The Kier molecular flexibility index (Phi) is 4.83. The van der Waals surface area contributed by atoms with E-state index < -0.39 is 10.0 Å². The van der Waals surface area contributed by atoms with E-state index in [2.05, 4.69) is 4.98 Å². The first kappa shape index (κ1) is 18.8. The normalized spacial score (nSPS) is 11.9. The van der Waals surface area contributed by atoms with Gasteiger partial charge in [-0.05, 0) is 49.2 Å². The van der Waals surface area contributed by atoms with E-state index in [4.69, 9.17) is 28.3 Å². The lowest BCUT2D eigenvalue weighted by molar-refractivity contribution is 0.0973. The molecule has 0 amide bonds. The zero-order valence-corrected chi connectivity index (χ0v) is 16.3. The molecular formula is C17H15Cl2N3O3S. The standard InChI is InChI=1S/C17H15Cl2N3O3S/c1-9-3-14-15(4-10(9)2)22(8-21-14)7-16(23)11-5-17(26(20,24)25)13(19)6-12(11)18/h3-6,8H,7H2,1-2H3,(H2,20,24,25). The lowest BCUT2D eigenvalue weighted by Gasteiger charge is -2.09. The summed E-state index contributed by atoms with van der Waals surface area (Å²) in [5, 5.41) is 5.06. The van der Waals surface area contributed by atoms with E-state index in [9.17, 15) is 13.2 Å². The number of nitrogens with two attached hydrogens (primary N) is 1. The van der Waals surface area contributed by atoms with E-state index in [1.165, 1.54) is 6.07 Å². The fraction of sp³-hybridized carbons (Fsp3) is 0.176. The van der Waals surface area contributed by atoms with E-state index in [0.717, 1.165) is 28.2 Å². The van der Waals surface area contributed by atoms with Crippen LogP contribution in [-0.4, -0.2) is 23.8 Å². The molecule has 0 aliphatic heterocycles. The molecular weight excluding hydrogens is 397 g/mol. The summed E-state index contributed by atoms with van der Waals surface area (Å²) in [5.74, 6) is -0.380. The summed E-state index contributed by atoms with van der Waals surface area (Å²) in [6.07, 6.45) is 1.56. The SMILES string of the molecule is Cc1cc2ncn(CC(=O)c3cc(S(N)(=O)=O)c(Cl)cc3Cl)c2cc1C. The number of carbonyl (C=O) groups excluding carboxylic acids is 1. The van der Waals surface area contributed by atoms with Crippen LogP contribution in [0.25, 0.3) is 11.0 Å². The minimum atomic E-state index is -4.08. The average Bonchev–Trinajstić information content (AvgIpc) is 2.88. The monoisotopic (exact) mass is 411 g/mol. The highest BCUT2D eigenvalue weighted by Crippen LogP contribution is 2.29. The maximum atomic E-state index is 12.7. The number of nitrogens with zero attached hydrogens (tertiary/aromatic N) is 2. The van der Waals surface area contributed by atoms with Crippen LogP contribution in [0.2, 0.25) is 10.0 Å². The second-order valence-corrected chi connectivity index (χ2v) is 8.37. The molecule has 0 spiro atoms. The Morgan fingerprint density at radius 2 is 1.77 bits per heavy atom. The largest absolute Gasteiger partial charge is 0.323 e. The van der Waals surface area contributed by atoms with Crippen molar-refractivity contribution in [3.63, 3.8) is 0 Å². The summed E-state index contributed by atoms with van der Waals surface area (Å²) in [5.41, 5.74) is 3.79. The second-order valence-electron chi connectivity index (χ2n) is 6.03. The molecule has 6 nitrogen and oxygen atoms in total. The van der Waals surface area contributed by atoms with E-state index in [0.29, 0.717) is 0 Å². The lowest BCUT2D eigenvalue weighted by Crippen LogP contribution is -2.15. The number of imidazole rings is 1. The van der Waals surface area contributed by atoms with E-state index >= 15 is 0 Å². The van der Waals surface area contributed by atoms with E-state index in [1.54, 1.807) is 10.9 Å². The number of hydrogen-bond donors (Lipinski definition) is 1. The number of primary sulfonamides is 1. The molecule has 0 atom stereocenters. The van der Waals surface area contributed by atoms with Crippen molar-refractivity contribution in [1.82, 2.24) is 9.55 Å². The van der Waals surface area contributed by atoms with Gasteiger partial charge in [0.1, 0.15) is 4.90 Å². The molecule has 2 aromatic carbocycles. The molecule has 9 heteroatoms. The molecule has 1 heterocycles. The predicted octanol–water partition coefficient (Wildman–Crippen LogP) is 3.49. The molecule has 0 aliphatic rings. The molecule has 2 N–H and O–H groups in total. The number of Topliss-reactive ketones (excluding diaryl/α,β-unsaturated/α-hetero) is 1. The first-order valence-electron chi connectivity index (χ1n) is 7.55. The molecule has 1 aromatic heterocycles. The van der Waals surface area contributed by atoms with Crippen molar-refractivity contribution in [3.05, 3.63) is 57.3 Å². The van der Waals surface area contributed by atoms with Crippen LogP contribution in [-0.2, 0) is 16.6 Å². The summed E-state index contributed by atoms with van der Waals surface area (Å²) in [6.45, 7) is 3.91. The summed E-state index contributed by atoms with van der Waals surface area (Å²) >= 11 is 12.0. The van der Waals surface area contributed by atoms with Gasteiger partial charge >= 0.3 is 0 Å². The van der Waals surface area contributed by atoms with Crippen LogP contribution in [0.3, 0.4) is 0 Å². The third kappa shape index (κ3) is 3.48. The first-order chi connectivity index (χ1) is 12.1. The Morgan fingerprint density at radius 3 is 2.42 bits per heavy atom. The van der Waals surface area contributed by atoms with E-state index in [1.807, 2.05) is 26.0 Å². The molecule has 3 rings (SSSR count). The molecule has 26 heavy (non-hydrogen) atoms. The average molecular weight is 412 g/mol. The van der Waals surface area contributed by atoms with Crippen molar-refractivity contribution < 1.29 is 13.2 Å². The van der Waals surface area contributed by atoms with Crippen molar-refractivity contribution in [3.8, 4) is 0 Å². The topological polar surface area (TPSA) is 95.0 Å². The van der Waals surface area contributed by atoms with Gasteiger partial charge in [-0.1, -0.05) is 23.2 Å². The number of ketones is 1. The number of halogens is 2. The highest BCUT2D eigenvalue weighted by molar-refractivity contribution is 7.89. The van der Waals surface area contributed by atoms with E-state index in [-0.39, 0.29) is 32.8 Å². The Morgan fingerprint density at radius 1 is 1.12 bits per heavy atom. The quantitative estimate of drug-likeness (QED) is 0.664. The van der Waals surface area contributed by atoms with Gasteiger partial charge in [0.15, 0.2) is 5.78 Å². The number of hydrogen-bond acceptors (Lipinski definition) is 4. The third-order valence-electron chi connectivity index (χ3n) is 4.18. The van der Waals surface area contributed by atoms with Crippen LogP contribution >= 0.6 is 23.2 Å². The smallest absolute Gasteiger partial charge is 0.239 e. The number of aryl methyl sites for hydroxylation is 2. The van der Waals surface area contributed by atoms with Gasteiger partial charge < -0.3 is 4.57 Å². The molecule has 0 saturated carbocycles. The zero-order valence-electron chi connectivity index (χ0n) is 14.0. The van der Waals surface area contributed by atoms with Crippen molar-refractivity contribution in [1.29, 1.82) is 0 Å². The fourth-order valence-electron chi connectivity index (χ4n) is 2.64. The van der Waals surface area contributed by atoms with Crippen molar-refractivity contribution in [2.24, 2.45) is 5.14 Å². The number of aromatic nitrogens is 2. The van der Waals surface area contributed by atoms with Gasteiger partial charge in [-0.15, -0.1) is 0 Å². The number of fused-ring (bicyclic) bond motifs is 1. The Hall–Kier alpha value is -1.93. The maximum Gasteiger partial charge on any atom is 0.239 e. The van der Waals surface area contributed by atoms with Crippen LogP contribution < -0.4 is 5.14 Å². The first-order valence-corrected chi connectivity index (χ1v) is 9.85. The van der Waals surface area contributed by atoms with Crippen molar-refractivity contribution in [2.75, 3.05) is 0 Å². The fourth-order valence-corrected chi connectivity index (χ4v) is 4.06. The summed E-state index contributed by atoms with van der Waals surface area (Å²) < 4.78 is 24.9. The predicted molar refractivity (Wildman–Crippen MR) is 101 cm³/mol. The van der Waals surface area contributed by atoms with Gasteiger partial charge in [-0.2, -0.15) is 0 Å². The van der Waals surface area contributed by atoms with Crippen LogP contribution in [0.5, 0.6) is 0 Å². The van der Waals surface area contributed by atoms with Crippen molar-refractivity contribution >= 4 is 50.0 Å². The molecule has 0 aliphatic carbocycles. The minimum Gasteiger partial charge on any atom is -0.323 e. The van der Waals surface area contributed by atoms with Crippen molar-refractivity contribution in [2.45, 2.75) is 25.3 Å². The molecule has 0 unspecified atom stereocenters. The number of rotatable bonds is 4. The molecule has 0 fully saturated rings. The summed E-state index contributed by atoms with van der Waals surface area (Å²) in [4.78, 5) is 16.7. The van der Waals surface area contributed by atoms with Gasteiger partial charge in [-0.25, -0.2) is 18.5 Å². The summed E-state index contributed by atoms with van der Waals surface area (Å²) in [7, 11) is -4.08. The Labute approximate surface area is 160 Å². The van der Waals surface area contributed by atoms with Crippen LogP contribution in [0.15, 0.2) is 35.5 Å². The van der Waals surface area contributed by atoms with Crippen LogP contribution in [0.4, 0.5) is 0 Å². The number of sulfonamides is 1. The molecule has 0 bridgehead atoms. The maximum absolute atomic E-state index is 12.7. The van der Waals surface area contributed by atoms with Gasteiger partial charge in [-0.3, -0.25) is 4.79 Å². The van der Waals surface area contributed by atoms with Gasteiger partial charge in [0.05, 0.1) is 34.0 Å². The molecule has 3 aromatic rings. The molecule has 0 radical (unpaired) electrons. The molecule has 0 saturated heterocycles. The van der Waals surface area contributed by atoms with Crippen LogP contribution in [0.1, 0.15) is 21.5 Å². The number of carbonyl (C=O) groups is 1. The Balaban J connectivity index is 2.03. The van der Waals surface area contributed by atoms with Gasteiger partial charge in [0, 0.05) is 5.56 Å². The minimum absolute atomic E-state index is 0.0331. The third-order valence-corrected chi connectivity index (χ3v) is 5.87. The zero-order chi connectivity index (χ0) is 19.2. The highest BCUT2D eigenvalue weighted by atomic mass is 35.5.